The molecule has 0 aliphatic carbocycles. The quantitative estimate of drug-likeness (QED) is 0.615. The van der Waals surface area contributed by atoms with Crippen LogP contribution in [0.1, 0.15) is 63.5 Å². The van der Waals surface area contributed by atoms with Gasteiger partial charge in [-0.2, -0.15) is 5.26 Å². The number of hydrogen-bond donors (Lipinski definition) is 1. The molecule has 21 heavy (non-hydrogen) atoms. The Hall–Kier alpha value is -1.96. The fourth-order valence-corrected chi connectivity index (χ4v) is 2.06. The number of carbonyl (C=O) groups excluding carboxylic acids is 1. The molecular weight excluding hydrogens is 266 g/mol. The lowest BCUT2D eigenvalue weighted by Crippen LogP contribution is -2.14. The zero-order valence-corrected chi connectivity index (χ0v) is 13.3. The Bertz CT molecular complexity index is 524. The number of unbranched alkanes of at least 4 members (excludes halogenated alkanes) is 1. The summed E-state index contributed by atoms with van der Waals surface area (Å²) >= 11 is 0. The summed E-state index contributed by atoms with van der Waals surface area (Å²) < 4.78 is 7.10. The third-order valence-electron chi connectivity index (χ3n) is 3.37. The van der Waals surface area contributed by atoms with Gasteiger partial charge in [0.05, 0.1) is 23.8 Å². The molecule has 0 aliphatic rings. The molecule has 116 valence electrons. The molecule has 0 radical (unpaired) electrons. The zero-order chi connectivity index (χ0) is 16.0. The van der Waals surface area contributed by atoms with E-state index in [2.05, 4.69) is 6.07 Å². The van der Waals surface area contributed by atoms with Crippen LogP contribution < -0.4 is 5.73 Å². The van der Waals surface area contributed by atoms with Crippen molar-refractivity contribution in [3.8, 4) is 6.07 Å². The maximum absolute atomic E-state index is 12.0. The molecule has 0 amide bonds. The Morgan fingerprint density at radius 1 is 1.48 bits per heavy atom. The van der Waals surface area contributed by atoms with Gasteiger partial charge in [-0.05, 0) is 53.0 Å². The number of aromatic nitrogens is 1. The Balaban J connectivity index is 2.43. The normalized spacial score (nSPS) is 11.4. The van der Waals surface area contributed by atoms with E-state index in [1.807, 2.05) is 32.3 Å². The van der Waals surface area contributed by atoms with Gasteiger partial charge in [-0.15, -0.1) is 0 Å². The zero-order valence-electron chi connectivity index (χ0n) is 13.3. The summed E-state index contributed by atoms with van der Waals surface area (Å²) in [7, 11) is 0. The second-order valence-electron chi connectivity index (χ2n) is 6.25. The van der Waals surface area contributed by atoms with E-state index in [0.29, 0.717) is 18.0 Å². The number of ether oxygens (including phenoxy) is 1. The van der Waals surface area contributed by atoms with Crippen molar-refractivity contribution in [1.29, 1.82) is 5.26 Å². The molecule has 0 unspecified atom stereocenters. The minimum Gasteiger partial charge on any atom is -0.461 e. The highest BCUT2D eigenvalue weighted by molar-refractivity contribution is 5.89. The average Bonchev–Trinajstić information content (AvgIpc) is 2.80. The van der Waals surface area contributed by atoms with Gasteiger partial charge in [-0.25, -0.2) is 4.79 Å². The molecule has 0 aromatic carbocycles. The molecule has 5 heteroatoms. The molecule has 0 saturated heterocycles. The molecule has 1 aromatic heterocycles. The second-order valence-corrected chi connectivity index (χ2v) is 6.25. The highest BCUT2D eigenvalue weighted by Gasteiger charge is 2.17. The minimum atomic E-state index is -0.347. The van der Waals surface area contributed by atoms with Gasteiger partial charge in [0, 0.05) is 12.2 Å². The van der Waals surface area contributed by atoms with Crippen LogP contribution in [0.5, 0.6) is 0 Å². The predicted molar refractivity (Wildman–Crippen MR) is 82.8 cm³/mol. The van der Waals surface area contributed by atoms with Crippen LogP contribution in [0.3, 0.4) is 0 Å². The third kappa shape index (κ3) is 5.14. The van der Waals surface area contributed by atoms with Crippen molar-refractivity contribution in [2.45, 2.75) is 53.0 Å². The lowest BCUT2D eigenvalue weighted by Gasteiger charge is -2.14. The van der Waals surface area contributed by atoms with Gasteiger partial charge in [0.25, 0.3) is 0 Å². The second kappa shape index (κ2) is 7.16. The molecule has 0 spiro atoms. The summed E-state index contributed by atoms with van der Waals surface area (Å²) in [6.07, 6.45) is 4.17. The predicted octanol–water partition coefficient (Wildman–Crippen LogP) is 3.53. The van der Waals surface area contributed by atoms with Crippen molar-refractivity contribution in [3.05, 3.63) is 18.0 Å². The number of nitrogen functional groups attached to an aromatic ring is 1. The largest absolute Gasteiger partial charge is 0.461 e. The fraction of sp³-hybridized carbons (Fsp3) is 0.625. The average molecular weight is 291 g/mol. The molecule has 0 atom stereocenters. The highest BCUT2D eigenvalue weighted by Crippen LogP contribution is 2.22. The van der Waals surface area contributed by atoms with Crippen molar-refractivity contribution in [3.63, 3.8) is 0 Å². The lowest BCUT2D eigenvalue weighted by molar-refractivity contribution is 0.0482. The number of anilines is 1. The summed E-state index contributed by atoms with van der Waals surface area (Å²) in [4.78, 5) is 12.0. The SMILES string of the molecule is CC(C)n1cc(N)cc1C(=O)OCCCCC(C)(C)C#N. The molecule has 2 N–H and O–H groups in total. The number of nitrogens with two attached hydrogens (primary N) is 1. The smallest absolute Gasteiger partial charge is 0.355 e. The Morgan fingerprint density at radius 3 is 2.71 bits per heavy atom. The monoisotopic (exact) mass is 291 g/mol. The molecule has 0 aliphatic heterocycles. The summed E-state index contributed by atoms with van der Waals surface area (Å²) in [5.41, 5.74) is 6.47. The topological polar surface area (TPSA) is 81.0 Å². The number of rotatable bonds is 7. The van der Waals surface area contributed by atoms with Crippen molar-refractivity contribution in [2.24, 2.45) is 5.41 Å². The summed E-state index contributed by atoms with van der Waals surface area (Å²) in [6, 6.07) is 4.06. The maximum Gasteiger partial charge on any atom is 0.355 e. The van der Waals surface area contributed by atoms with E-state index >= 15 is 0 Å². The number of nitrogens with zero attached hydrogens (tertiary/aromatic N) is 2. The first kappa shape index (κ1) is 17.1. The van der Waals surface area contributed by atoms with Crippen LogP contribution in [0.15, 0.2) is 12.3 Å². The van der Waals surface area contributed by atoms with Crippen molar-refractivity contribution >= 4 is 11.7 Å². The summed E-state index contributed by atoms with van der Waals surface area (Å²) in [5, 5.41) is 8.92. The molecule has 5 nitrogen and oxygen atoms in total. The Labute approximate surface area is 126 Å². The molecule has 1 heterocycles. The van der Waals surface area contributed by atoms with Crippen LogP contribution in [-0.4, -0.2) is 17.1 Å². The number of hydrogen-bond acceptors (Lipinski definition) is 4. The van der Waals surface area contributed by atoms with Gasteiger partial charge in [0.15, 0.2) is 0 Å². The fourth-order valence-electron chi connectivity index (χ4n) is 2.06. The molecule has 0 bridgehead atoms. The van der Waals surface area contributed by atoms with Gasteiger partial charge in [0.1, 0.15) is 5.69 Å². The molecule has 1 rings (SSSR count). The van der Waals surface area contributed by atoms with Gasteiger partial charge in [-0.3, -0.25) is 0 Å². The van der Waals surface area contributed by atoms with Gasteiger partial charge < -0.3 is 15.0 Å². The molecular formula is C16H25N3O2. The molecule has 0 fully saturated rings. The first-order chi connectivity index (χ1) is 9.76. The van der Waals surface area contributed by atoms with E-state index in [4.69, 9.17) is 15.7 Å². The molecule has 1 aromatic rings. The maximum atomic E-state index is 12.0. The lowest BCUT2D eigenvalue weighted by atomic mass is 9.89. The van der Waals surface area contributed by atoms with Crippen LogP contribution in [0.4, 0.5) is 5.69 Å². The van der Waals surface area contributed by atoms with E-state index in [-0.39, 0.29) is 17.4 Å². The van der Waals surface area contributed by atoms with E-state index in [1.165, 1.54) is 0 Å². The van der Waals surface area contributed by atoms with Crippen LogP contribution in [-0.2, 0) is 4.74 Å². The van der Waals surface area contributed by atoms with Gasteiger partial charge >= 0.3 is 5.97 Å². The minimum absolute atomic E-state index is 0.154. The summed E-state index contributed by atoms with van der Waals surface area (Å²) in [5.74, 6) is -0.347. The van der Waals surface area contributed by atoms with Crippen LogP contribution in [0, 0.1) is 16.7 Å². The Kier molecular flexibility index (Phi) is 5.83. The standard InChI is InChI=1S/C16H25N3O2/c1-12(2)19-10-13(18)9-14(19)15(20)21-8-6-5-7-16(3,4)11-17/h9-10,12H,5-8,18H2,1-4H3. The summed E-state index contributed by atoms with van der Waals surface area (Å²) in [6.45, 7) is 8.17. The first-order valence-electron chi connectivity index (χ1n) is 7.32. The van der Waals surface area contributed by atoms with E-state index in [0.717, 1.165) is 19.3 Å². The van der Waals surface area contributed by atoms with E-state index in [9.17, 15) is 4.79 Å². The van der Waals surface area contributed by atoms with E-state index < -0.39 is 0 Å². The number of nitriles is 1. The third-order valence-corrected chi connectivity index (χ3v) is 3.37. The van der Waals surface area contributed by atoms with Crippen LogP contribution in [0.2, 0.25) is 0 Å². The van der Waals surface area contributed by atoms with E-state index in [1.54, 1.807) is 12.3 Å². The van der Waals surface area contributed by atoms with Crippen molar-refractivity contribution in [1.82, 2.24) is 4.57 Å². The Morgan fingerprint density at radius 2 is 2.14 bits per heavy atom. The van der Waals surface area contributed by atoms with Gasteiger partial charge in [-0.1, -0.05) is 0 Å². The molecule has 0 saturated carbocycles. The highest BCUT2D eigenvalue weighted by atomic mass is 16.5. The van der Waals surface area contributed by atoms with Gasteiger partial charge in [0.2, 0.25) is 0 Å². The van der Waals surface area contributed by atoms with Crippen molar-refractivity contribution in [2.75, 3.05) is 12.3 Å². The van der Waals surface area contributed by atoms with Crippen LogP contribution in [0.25, 0.3) is 0 Å². The van der Waals surface area contributed by atoms with Crippen LogP contribution >= 0.6 is 0 Å². The van der Waals surface area contributed by atoms with Crippen molar-refractivity contribution < 1.29 is 9.53 Å². The number of carbonyl (C=O) groups is 1. The number of esters is 1. The first-order valence-corrected chi connectivity index (χ1v) is 7.32.